The number of hydrogen-bond acceptors (Lipinski definition) is 4. The standard InChI is InChI=1S/C36H31FN6/c1-22-8-13-29(26-9-11-28(37)12-10-26)33-32(18-22)40-36(41-33)35-34-31(42-43-35)15-14-30(39-34)27-17-23(2)16-25(19-27)21-38-20-24-6-4-3-5-7-24/h3-17,19,38H,18,20-21H2,1-2H3,(H,40,41)(H,42,43). The second kappa shape index (κ2) is 11.3. The van der Waals surface area contributed by atoms with Crippen LogP contribution >= 0.6 is 0 Å². The van der Waals surface area contributed by atoms with Crippen LogP contribution in [0.4, 0.5) is 4.39 Å². The van der Waals surface area contributed by atoms with E-state index in [1.165, 1.54) is 34.4 Å². The van der Waals surface area contributed by atoms with Crippen molar-refractivity contribution in [3.05, 3.63) is 142 Å². The van der Waals surface area contributed by atoms with Crippen molar-refractivity contribution in [2.75, 3.05) is 0 Å². The van der Waals surface area contributed by atoms with E-state index in [0.717, 1.165) is 64.3 Å². The number of benzene rings is 3. The summed E-state index contributed by atoms with van der Waals surface area (Å²) < 4.78 is 13.7. The van der Waals surface area contributed by atoms with Crippen molar-refractivity contribution in [1.29, 1.82) is 0 Å². The Hall–Kier alpha value is -5.14. The number of halogens is 1. The van der Waals surface area contributed by atoms with Crippen molar-refractivity contribution < 1.29 is 4.39 Å². The minimum Gasteiger partial charge on any atom is -0.340 e. The molecule has 0 bridgehead atoms. The van der Waals surface area contributed by atoms with Gasteiger partial charge in [-0.2, -0.15) is 5.10 Å². The number of pyridine rings is 1. The van der Waals surface area contributed by atoms with Gasteiger partial charge >= 0.3 is 0 Å². The summed E-state index contributed by atoms with van der Waals surface area (Å²) in [6.07, 6.45) is 4.88. The second-order valence-electron chi connectivity index (χ2n) is 11.2. The Morgan fingerprint density at radius 3 is 2.44 bits per heavy atom. The Labute approximate surface area is 249 Å². The van der Waals surface area contributed by atoms with E-state index in [1.807, 2.05) is 18.2 Å². The molecule has 0 saturated heterocycles. The number of allylic oxidation sites excluding steroid dienone is 3. The molecule has 212 valence electrons. The summed E-state index contributed by atoms with van der Waals surface area (Å²) in [6, 6.07) is 27.6. The van der Waals surface area contributed by atoms with E-state index in [2.05, 4.69) is 89.0 Å². The molecule has 3 aromatic heterocycles. The summed E-state index contributed by atoms with van der Waals surface area (Å²) in [4.78, 5) is 13.6. The number of nitrogens with zero attached hydrogens (tertiary/aromatic N) is 3. The lowest BCUT2D eigenvalue weighted by Gasteiger charge is -2.09. The molecule has 6 nitrogen and oxygen atoms in total. The third-order valence-electron chi connectivity index (χ3n) is 7.75. The summed E-state index contributed by atoms with van der Waals surface area (Å²) in [5.74, 6) is 0.389. The highest BCUT2D eigenvalue weighted by Gasteiger charge is 2.22. The molecule has 0 atom stereocenters. The maximum Gasteiger partial charge on any atom is 0.161 e. The first kappa shape index (κ1) is 26.7. The predicted octanol–water partition coefficient (Wildman–Crippen LogP) is 7.69. The Bertz CT molecular complexity index is 2000. The van der Waals surface area contributed by atoms with Gasteiger partial charge in [0.25, 0.3) is 0 Å². The maximum atomic E-state index is 13.7. The van der Waals surface area contributed by atoms with Crippen molar-refractivity contribution in [2.45, 2.75) is 33.4 Å². The molecule has 3 heterocycles. The van der Waals surface area contributed by atoms with Gasteiger partial charge in [-0.05, 0) is 66.9 Å². The molecule has 1 aliphatic rings. The largest absolute Gasteiger partial charge is 0.340 e. The van der Waals surface area contributed by atoms with E-state index < -0.39 is 0 Å². The molecule has 0 radical (unpaired) electrons. The highest BCUT2D eigenvalue weighted by Crippen LogP contribution is 2.33. The van der Waals surface area contributed by atoms with Crippen LogP contribution in [0.2, 0.25) is 0 Å². The van der Waals surface area contributed by atoms with Crippen LogP contribution in [0.25, 0.3) is 39.4 Å². The van der Waals surface area contributed by atoms with E-state index in [4.69, 9.17) is 9.97 Å². The van der Waals surface area contributed by atoms with Crippen molar-refractivity contribution >= 4 is 16.6 Å². The zero-order valence-corrected chi connectivity index (χ0v) is 24.1. The van der Waals surface area contributed by atoms with Crippen LogP contribution in [0, 0.1) is 12.7 Å². The molecule has 6 aromatic rings. The van der Waals surface area contributed by atoms with Gasteiger partial charge in [0.15, 0.2) is 11.5 Å². The fourth-order valence-electron chi connectivity index (χ4n) is 5.66. The van der Waals surface area contributed by atoms with E-state index in [-0.39, 0.29) is 5.82 Å². The number of rotatable bonds is 7. The monoisotopic (exact) mass is 566 g/mol. The Morgan fingerprint density at radius 2 is 1.60 bits per heavy atom. The number of fused-ring (bicyclic) bond motifs is 2. The highest BCUT2D eigenvalue weighted by atomic mass is 19.1. The van der Waals surface area contributed by atoms with E-state index in [0.29, 0.717) is 11.5 Å². The topological polar surface area (TPSA) is 82.3 Å². The molecule has 0 saturated carbocycles. The molecular formula is C36H31FN6. The number of imidazole rings is 1. The van der Waals surface area contributed by atoms with Gasteiger partial charge in [-0.3, -0.25) is 5.10 Å². The number of aromatic amines is 2. The number of aryl methyl sites for hydroxylation is 1. The molecule has 0 fully saturated rings. The third-order valence-corrected chi connectivity index (χ3v) is 7.75. The van der Waals surface area contributed by atoms with Crippen LogP contribution in [0.5, 0.6) is 0 Å². The van der Waals surface area contributed by atoms with E-state index in [1.54, 1.807) is 12.1 Å². The summed E-state index contributed by atoms with van der Waals surface area (Å²) in [6.45, 7) is 5.79. The molecule has 43 heavy (non-hydrogen) atoms. The van der Waals surface area contributed by atoms with Crippen LogP contribution < -0.4 is 5.32 Å². The maximum absolute atomic E-state index is 13.7. The molecule has 0 spiro atoms. The number of aromatic nitrogens is 5. The summed E-state index contributed by atoms with van der Waals surface area (Å²) >= 11 is 0. The predicted molar refractivity (Wildman–Crippen MR) is 170 cm³/mol. The van der Waals surface area contributed by atoms with Crippen molar-refractivity contribution in [3.8, 4) is 22.8 Å². The van der Waals surface area contributed by atoms with Gasteiger partial charge in [0.1, 0.15) is 11.3 Å². The van der Waals surface area contributed by atoms with Gasteiger partial charge < -0.3 is 10.3 Å². The van der Waals surface area contributed by atoms with Crippen LogP contribution in [0.1, 0.15) is 40.6 Å². The molecule has 0 amide bonds. The molecular weight excluding hydrogens is 535 g/mol. The van der Waals surface area contributed by atoms with Gasteiger partial charge in [0.2, 0.25) is 0 Å². The summed E-state index contributed by atoms with van der Waals surface area (Å²) in [5.41, 5.74) is 12.7. The van der Waals surface area contributed by atoms with Gasteiger partial charge in [0, 0.05) is 36.3 Å². The SMILES string of the molecule is CC1=CC=C(c2ccc(F)cc2)c2nc(-c3n[nH]c4ccc(-c5cc(C)cc(CNCc6ccccc6)c5)nc34)[nH]c2C1. The molecule has 7 rings (SSSR count). The van der Waals surface area contributed by atoms with Gasteiger partial charge in [0.05, 0.1) is 16.9 Å². The molecule has 7 heteroatoms. The van der Waals surface area contributed by atoms with Crippen LogP contribution in [-0.2, 0) is 19.5 Å². The smallest absolute Gasteiger partial charge is 0.161 e. The van der Waals surface area contributed by atoms with Crippen molar-refractivity contribution in [1.82, 2.24) is 30.5 Å². The average molecular weight is 567 g/mol. The minimum absolute atomic E-state index is 0.262. The number of hydrogen-bond donors (Lipinski definition) is 3. The Kier molecular flexibility index (Phi) is 7.01. The number of H-pyrrole nitrogens is 2. The van der Waals surface area contributed by atoms with Crippen molar-refractivity contribution in [3.63, 3.8) is 0 Å². The molecule has 3 N–H and O–H groups in total. The van der Waals surface area contributed by atoms with Crippen LogP contribution in [0.15, 0.2) is 103 Å². The third kappa shape index (κ3) is 5.55. The molecule has 0 aliphatic heterocycles. The zero-order valence-electron chi connectivity index (χ0n) is 24.1. The normalized spacial score (nSPS) is 13.0. The first-order valence-electron chi connectivity index (χ1n) is 14.4. The quantitative estimate of drug-likeness (QED) is 0.185. The average Bonchev–Trinajstić information content (AvgIpc) is 3.58. The fraction of sp³-hybridized carbons (Fsp3) is 0.139. The van der Waals surface area contributed by atoms with Crippen LogP contribution in [0.3, 0.4) is 0 Å². The fourth-order valence-corrected chi connectivity index (χ4v) is 5.66. The van der Waals surface area contributed by atoms with Gasteiger partial charge in [-0.15, -0.1) is 0 Å². The molecule has 0 unspecified atom stereocenters. The Morgan fingerprint density at radius 1 is 0.791 bits per heavy atom. The van der Waals surface area contributed by atoms with Crippen LogP contribution in [-0.4, -0.2) is 25.1 Å². The lowest BCUT2D eigenvalue weighted by Crippen LogP contribution is -2.12. The molecule has 1 aliphatic carbocycles. The highest BCUT2D eigenvalue weighted by molar-refractivity contribution is 5.90. The first-order valence-corrected chi connectivity index (χ1v) is 14.4. The summed E-state index contributed by atoms with van der Waals surface area (Å²) in [5, 5.41) is 11.3. The number of nitrogens with one attached hydrogen (secondary N) is 3. The lowest BCUT2D eigenvalue weighted by molar-refractivity contribution is 0.627. The summed E-state index contributed by atoms with van der Waals surface area (Å²) in [7, 11) is 0. The second-order valence-corrected chi connectivity index (χ2v) is 11.2. The van der Waals surface area contributed by atoms with Crippen molar-refractivity contribution in [2.24, 2.45) is 0 Å². The van der Waals surface area contributed by atoms with E-state index >= 15 is 0 Å². The van der Waals surface area contributed by atoms with Gasteiger partial charge in [-0.25, -0.2) is 14.4 Å². The minimum atomic E-state index is -0.262. The van der Waals surface area contributed by atoms with E-state index in [9.17, 15) is 4.39 Å². The van der Waals surface area contributed by atoms with Gasteiger partial charge in [-0.1, -0.05) is 71.8 Å². The first-order chi connectivity index (χ1) is 21.0. The molecule has 3 aromatic carbocycles. The lowest BCUT2D eigenvalue weighted by atomic mass is 10.0. The zero-order chi connectivity index (χ0) is 29.3. The Balaban J connectivity index is 1.21.